The monoisotopic (exact) mass is 371 g/mol. The highest BCUT2D eigenvalue weighted by Gasteiger charge is 2.20. The molecule has 0 saturated carbocycles. The Hall–Kier alpha value is -2.54. The fourth-order valence-electron chi connectivity index (χ4n) is 3.07. The molecule has 1 fully saturated rings. The van der Waals surface area contributed by atoms with Gasteiger partial charge in [-0.25, -0.2) is 0 Å². The third-order valence-electron chi connectivity index (χ3n) is 4.48. The number of nitrogens with one attached hydrogen (secondary N) is 2. The zero-order chi connectivity index (χ0) is 18.4. The van der Waals surface area contributed by atoms with Crippen molar-refractivity contribution in [1.82, 2.24) is 15.5 Å². The van der Waals surface area contributed by atoms with Gasteiger partial charge in [-0.3, -0.25) is 9.79 Å². The Morgan fingerprint density at radius 1 is 1.19 bits per heavy atom. The lowest BCUT2D eigenvalue weighted by Gasteiger charge is -2.37. The van der Waals surface area contributed by atoms with Crippen molar-refractivity contribution in [3.63, 3.8) is 0 Å². The molecular weight excluding hydrogens is 346 g/mol. The van der Waals surface area contributed by atoms with Gasteiger partial charge in [-0.2, -0.15) is 0 Å². The molecule has 0 spiro atoms. The number of anilines is 1. The van der Waals surface area contributed by atoms with E-state index < -0.39 is 0 Å². The first-order valence-corrected chi connectivity index (χ1v) is 9.64. The highest BCUT2D eigenvalue weighted by Crippen LogP contribution is 2.22. The van der Waals surface area contributed by atoms with Crippen molar-refractivity contribution in [3.05, 3.63) is 52.9 Å². The molecule has 3 rings (SSSR count). The molecule has 1 saturated heterocycles. The van der Waals surface area contributed by atoms with E-state index in [4.69, 9.17) is 0 Å². The lowest BCUT2D eigenvalue weighted by molar-refractivity contribution is 0.0963. The molecule has 2 heterocycles. The maximum absolute atomic E-state index is 11.8. The maximum atomic E-state index is 11.8. The number of rotatable bonds is 4. The quantitative estimate of drug-likeness (QED) is 0.638. The SMILES string of the molecule is CN=C(NCc1cccc(C(=O)NC)c1)N1CCN(c2cccs2)CC1. The highest BCUT2D eigenvalue weighted by molar-refractivity contribution is 7.14. The minimum atomic E-state index is -0.0686. The lowest BCUT2D eigenvalue weighted by atomic mass is 10.1. The van der Waals surface area contributed by atoms with Crippen LogP contribution >= 0.6 is 11.3 Å². The number of amides is 1. The molecule has 1 aromatic heterocycles. The van der Waals surface area contributed by atoms with Crippen LogP contribution in [0.2, 0.25) is 0 Å². The number of carbonyl (C=O) groups excluding carboxylic acids is 1. The topological polar surface area (TPSA) is 60.0 Å². The van der Waals surface area contributed by atoms with Crippen LogP contribution in [0.25, 0.3) is 0 Å². The van der Waals surface area contributed by atoms with Crippen molar-refractivity contribution >= 4 is 28.2 Å². The van der Waals surface area contributed by atoms with Gasteiger partial charge in [0.2, 0.25) is 0 Å². The van der Waals surface area contributed by atoms with E-state index in [-0.39, 0.29) is 5.91 Å². The van der Waals surface area contributed by atoms with E-state index in [9.17, 15) is 4.79 Å². The largest absolute Gasteiger partial charge is 0.360 e. The van der Waals surface area contributed by atoms with Crippen LogP contribution in [0.4, 0.5) is 5.00 Å². The normalized spacial score (nSPS) is 15.1. The first-order valence-electron chi connectivity index (χ1n) is 8.76. The Labute approximate surface area is 158 Å². The Morgan fingerprint density at radius 2 is 2.00 bits per heavy atom. The molecular formula is C19H25N5OS. The van der Waals surface area contributed by atoms with Gasteiger partial charge >= 0.3 is 0 Å². The van der Waals surface area contributed by atoms with Crippen molar-refractivity contribution in [3.8, 4) is 0 Å². The molecule has 2 N–H and O–H groups in total. The van der Waals surface area contributed by atoms with Crippen LogP contribution < -0.4 is 15.5 Å². The molecule has 26 heavy (non-hydrogen) atoms. The number of carbonyl (C=O) groups is 1. The number of thiophene rings is 1. The smallest absolute Gasteiger partial charge is 0.251 e. The van der Waals surface area contributed by atoms with Gasteiger partial charge in [-0.05, 0) is 35.2 Å². The third kappa shape index (κ3) is 4.35. The second kappa shape index (κ2) is 8.71. The standard InChI is InChI=1S/C19H25N5OS/c1-20-18(25)16-6-3-5-15(13-16)14-22-19(21-2)24-10-8-23(9-11-24)17-7-4-12-26-17/h3-7,12-13H,8-11,14H2,1-2H3,(H,20,25)(H,21,22). The van der Waals surface area contributed by atoms with Crippen LogP contribution in [-0.4, -0.2) is 57.0 Å². The predicted octanol–water partition coefficient (Wildman–Crippen LogP) is 2.01. The maximum Gasteiger partial charge on any atom is 0.251 e. The molecule has 0 unspecified atom stereocenters. The summed E-state index contributed by atoms with van der Waals surface area (Å²) in [4.78, 5) is 20.9. The van der Waals surface area contributed by atoms with E-state index in [1.54, 1.807) is 18.4 Å². The second-order valence-electron chi connectivity index (χ2n) is 6.11. The van der Waals surface area contributed by atoms with Crippen molar-refractivity contribution in [1.29, 1.82) is 0 Å². The van der Waals surface area contributed by atoms with Crippen molar-refractivity contribution in [2.24, 2.45) is 4.99 Å². The average molecular weight is 372 g/mol. The van der Waals surface area contributed by atoms with Crippen molar-refractivity contribution in [2.75, 3.05) is 45.2 Å². The van der Waals surface area contributed by atoms with E-state index in [0.717, 1.165) is 37.7 Å². The molecule has 138 valence electrons. The Morgan fingerprint density at radius 3 is 2.65 bits per heavy atom. The molecule has 1 aromatic carbocycles. The van der Waals surface area contributed by atoms with E-state index in [0.29, 0.717) is 12.1 Å². The van der Waals surface area contributed by atoms with Crippen LogP contribution in [0.5, 0.6) is 0 Å². The number of piperazine rings is 1. The number of guanidine groups is 1. The fraction of sp³-hybridized carbons (Fsp3) is 0.368. The van der Waals surface area contributed by atoms with E-state index in [1.807, 2.05) is 31.3 Å². The first kappa shape index (κ1) is 18.3. The third-order valence-corrected chi connectivity index (χ3v) is 5.40. The summed E-state index contributed by atoms with van der Waals surface area (Å²) >= 11 is 1.79. The molecule has 7 heteroatoms. The zero-order valence-corrected chi connectivity index (χ0v) is 16.1. The summed E-state index contributed by atoms with van der Waals surface area (Å²) in [5.41, 5.74) is 1.73. The summed E-state index contributed by atoms with van der Waals surface area (Å²) in [6.07, 6.45) is 0. The number of hydrogen-bond acceptors (Lipinski definition) is 4. The first-order chi connectivity index (χ1) is 12.7. The molecule has 0 radical (unpaired) electrons. The van der Waals surface area contributed by atoms with Gasteiger partial charge in [-0.15, -0.1) is 11.3 Å². The lowest BCUT2D eigenvalue weighted by Crippen LogP contribution is -2.52. The predicted molar refractivity (Wildman–Crippen MR) is 108 cm³/mol. The molecule has 2 aromatic rings. The minimum absolute atomic E-state index is 0.0686. The summed E-state index contributed by atoms with van der Waals surface area (Å²) in [7, 11) is 3.46. The van der Waals surface area contributed by atoms with Crippen LogP contribution in [0.3, 0.4) is 0 Å². The van der Waals surface area contributed by atoms with Crippen LogP contribution in [-0.2, 0) is 6.54 Å². The summed E-state index contributed by atoms with van der Waals surface area (Å²) in [5.74, 6) is 0.835. The van der Waals surface area contributed by atoms with Crippen LogP contribution in [0, 0.1) is 0 Å². The molecule has 0 bridgehead atoms. The van der Waals surface area contributed by atoms with Crippen molar-refractivity contribution < 1.29 is 4.79 Å². The molecule has 1 aliphatic rings. The fourth-order valence-corrected chi connectivity index (χ4v) is 3.85. The van der Waals surface area contributed by atoms with Gasteiger partial charge in [-0.1, -0.05) is 12.1 Å². The van der Waals surface area contributed by atoms with Crippen LogP contribution in [0.1, 0.15) is 15.9 Å². The summed E-state index contributed by atoms with van der Waals surface area (Å²) < 4.78 is 0. The average Bonchev–Trinajstić information content (AvgIpc) is 3.23. The molecule has 1 aliphatic heterocycles. The number of nitrogens with zero attached hydrogens (tertiary/aromatic N) is 3. The Kier molecular flexibility index (Phi) is 6.12. The van der Waals surface area contributed by atoms with Gasteiger partial charge in [0, 0.05) is 52.4 Å². The molecule has 1 amide bonds. The van der Waals surface area contributed by atoms with Gasteiger partial charge in [0.05, 0.1) is 5.00 Å². The summed E-state index contributed by atoms with van der Waals surface area (Å²) in [5, 5.41) is 9.53. The van der Waals surface area contributed by atoms with Gasteiger partial charge in [0.25, 0.3) is 5.91 Å². The number of aliphatic imine (C=N–C) groups is 1. The summed E-state index contributed by atoms with van der Waals surface area (Å²) in [6, 6.07) is 11.9. The van der Waals surface area contributed by atoms with E-state index in [2.05, 4.69) is 42.9 Å². The molecule has 6 nitrogen and oxygen atoms in total. The number of hydrogen-bond donors (Lipinski definition) is 2. The highest BCUT2D eigenvalue weighted by atomic mass is 32.1. The molecule has 0 atom stereocenters. The second-order valence-corrected chi connectivity index (χ2v) is 7.03. The van der Waals surface area contributed by atoms with E-state index >= 15 is 0 Å². The number of benzene rings is 1. The van der Waals surface area contributed by atoms with Crippen LogP contribution in [0.15, 0.2) is 46.8 Å². The van der Waals surface area contributed by atoms with Gasteiger partial charge in [0.15, 0.2) is 5.96 Å². The minimum Gasteiger partial charge on any atom is -0.360 e. The zero-order valence-electron chi connectivity index (χ0n) is 15.2. The summed E-state index contributed by atoms with van der Waals surface area (Å²) in [6.45, 7) is 4.51. The van der Waals surface area contributed by atoms with E-state index in [1.165, 1.54) is 5.00 Å². The Bertz CT molecular complexity index is 751. The van der Waals surface area contributed by atoms with Gasteiger partial charge in [0.1, 0.15) is 0 Å². The van der Waals surface area contributed by atoms with Crippen molar-refractivity contribution in [2.45, 2.75) is 6.54 Å². The van der Waals surface area contributed by atoms with Gasteiger partial charge < -0.3 is 20.4 Å². The molecule has 0 aliphatic carbocycles. The Balaban J connectivity index is 1.55.